The topological polar surface area (TPSA) is 34.0 Å². The maximum absolute atomic E-state index is 5.60. The van der Waals surface area contributed by atoms with Crippen LogP contribution in [0.2, 0.25) is 0 Å². The molecule has 1 aliphatic rings. The number of hydrogen-bond acceptors (Lipinski definition) is 3. The van der Waals surface area contributed by atoms with Gasteiger partial charge in [0.05, 0.1) is 6.61 Å². The molecule has 0 amide bonds. The first kappa shape index (κ1) is 10.9. The van der Waals surface area contributed by atoms with Crippen LogP contribution in [-0.2, 0) is 0 Å². The predicted molar refractivity (Wildman–Crippen MR) is 67.1 cm³/mol. The summed E-state index contributed by atoms with van der Waals surface area (Å²) in [6.45, 7) is 2.78. The van der Waals surface area contributed by atoms with Gasteiger partial charge in [0.1, 0.15) is 5.75 Å². The van der Waals surface area contributed by atoms with Crippen molar-refractivity contribution in [1.29, 1.82) is 0 Å². The van der Waals surface area contributed by atoms with E-state index in [2.05, 4.69) is 32.8 Å². The Morgan fingerprint density at radius 3 is 2.53 bits per heavy atom. The van der Waals surface area contributed by atoms with Gasteiger partial charge in [-0.15, -0.1) is 0 Å². The van der Waals surface area contributed by atoms with Crippen molar-refractivity contribution >= 4 is 22.6 Å². The fourth-order valence-corrected chi connectivity index (χ4v) is 1.67. The van der Waals surface area contributed by atoms with Crippen molar-refractivity contribution in [3.8, 4) is 5.75 Å². The minimum absolute atomic E-state index is 0.0879. The maximum atomic E-state index is 5.60. The highest BCUT2D eigenvalue weighted by Gasteiger charge is 2.32. The largest absolute Gasteiger partial charge is 0.494 e. The first-order valence-electron chi connectivity index (χ1n) is 5.00. The molecule has 0 bridgehead atoms. The van der Waals surface area contributed by atoms with Crippen LogP contribution in [0.4, 0.5) is 0 Å². The van der Waals surface area contributed by atoms with Gasteiger partial charge in [-0.05, 0) is 66.6 Å². The molecule has 3 nitrogen and oxygen atoms in total. The molecule has 0 aromatic heterocycles. The van der Waals surface area contributed by atoms with Crippen LogP contribution in [0.15, 0.2) is 34.5 Å². The Balaban J connectivity index is 1.67. The third-order valence-corrected chi connectivity index (χ3v) is 3.04. The van der Waals surface area contributed by atoms with E-state index in [4.69, 9.17) is 4.74 Å². The summed E-state index contributed by atoms with van der Waals surface area (Å²) in [5, 5.41) is 7.92. The molecule has 0 saturated carbocycles. The highest BCUT2D eigenvalue weighted by atomic mass is 127. The van der Waals surface area contributed by atoms with Crippen molar-refractivity contribution in [3.63, 3.8) is 0 Å². The molecule has 0 atom stereocenters. The molecule has 1 aliphatic heterocycles. The second-order valence-corrected chi connectivity index (χ2v) is 5.07. The Hall–Kier alpha value is -0.650. The van der Waals surface area contributed by atoms with Crippen LogP contribution in [0.5, 0.6) is 5.75 Å². The van der Waals surface area contributed by atoms with Gasteiger partial charge in [0.15, 0.2) is 5.66 Å². The standard InChI is InChI=1S/C11H13IN2O/c1-11(13-14-11)7-2-8-15-10-5-3-9(12)4-6-10/h3-6H,2,7-8H2,1H3. The molecule has 0 fully saturated rings. The molecule has 1 heterocycles. The van der Waals surface area contributed by atoms with E-state index in [9.17, 15) is 0 Å². The molecule has 2 rings (SSSR count). The van der Waals surface area contributed by atoms with Gasteiger partial charge in [0.2, 0.25) is 0 Å². The molecule has 80 valence electrons. The van der Waals surface area contributed by atoms with Crippen LogP contribution >= 0.6 is 22.6 Å². The molecule has 0 unspecified atom stereocenters. The number of benzene rings is 1. The van der Waals surface area contributed by atoms with E-state index in [0.29, 0.717) is 0 Å². The van der Waals surface area contributed by atoms with Gasteiger partial charge in [-0.3, -0.25) is 0 Å². The number of rotatable bonds is 5. The molecule has 0 spiro atoms. The summed E-state index contributed by atoms with van der Waals surface area (Å²) in [7, 11) is 0. The first-order valence-corrected chi connectivity index (χ1v) is 6.08. The van der Waals surface area contributed by atoms with E-state index in [0.717, 1.165) is 25.2 Å². The molecule has 4 heteroatoms. The lowest BCUT2D eigenvalue weighted by Gasteiger charge is -2.07. The molecular formula is C11H13IN2O. The SMILES string of the molecule is CC1(CCCOc2ccc(I)cc2)N=N1. The third-order valence-electron chi connectivity index (χ3n) is 2.32. The van der Waals surface area contributed by atoms with Gasteiger partial charge in [-0.2, -0.15) is 10.2 Å². The van der Waals surface area contributed by atoms with Gasteiger partial charge in [0.25, 0.3) is 0 Å². The van der Waals surface area contributed by atoms with E-state index in [-0.39, 0.29) is 5.66 Å². The van der Waals surface area contributed by atoms with Crippen LogP contribution in [0.1, 0.15) is 19.8 Å². The Bertz CT molecular complexity index is 355. The second-order valence-electron chi connectivity index (χ2n) is 3.82. The lowest BCUT2D eigenvalue weighted by atomic mass is 10.1. The van der Waals surface area contributed by atoms with Crippen molar-refractivity contribution < 1.29 is 4.74 Å². The van der Waals surface area contributed by atoms with Crippen LogP contribution in [0.25, 0.3) is 0 Å². The smallest absolute Gasteiger partial charge is 0.188 e. The van der Waals surface area contributed by atoms with Crippen molar-refractivity contribution in [2.45, 2.75) is 25.4 Å². The summed E-state index contributed by atoms with van der Waals surface area (Å²) in [5.74, 6) is 0.935. The number of nitrogens with zero attached hydrogens (tertiary/aromatic N) is 2. The molecular weight excluding hydrogens is 303 g/mol. The second kappa shape index (κ2) is 4.47. The quantitative estimate of drug-likeness (QED) is 0.603. The summed E-state index contributed by atoms with van der Waals surface area (Å²) < 4.78 is 6.82. The summed E-state index contributed by atoms with van der Waals surface area (Å²) in [5.41, 5.74) is -0.0879. The Morgan fingerprint density at radius 2 is 1.93 bits per heavy atom. The van der Waals surface area contributed by atoms with Crippen LogP contribution in [0.3, 0.4) is 0 Å². The fourth-order valence-electron chi connectivity index (χ4n) is 1.31. The van der Waals surface area contributed by atoms with Gasteiger partial charge < -0.3 is 4.74 Å². The van der Waals surface area contributed by atoms with E-state index in [1.807, 2.05) is 31.2 Å². The Labute approximate surface area is 103 Å². The average Bonchev–Trinajstić information content (AvgIpc) is 2.95. The normalized spacial score (nSPS) is 16.4. The Kier molecular flexibility index (Phi) is 3.23. The summed E-state index contributed by atoms with van der Waals surface area (Å²) in [6, 6.07) is 8.08. The molecule has 0 N–H and O–H groups in total. The number of hydrogen-bond donors (Lipinski definition) is 0. The zero-order chi connectivity index (χ0) is 10.7. The van der Waals surface area contributed by atoms with Gasteiger partial charge >= 0.3 is 0 Å². The van der Waals surface area contributed by atoms with Gasteiger partial charge in [0, 0.05) is 3.57 Å². The zero-order valence-corrected chi connectivity index (χ0v) is 10.8. The van der Waals surface area contributed by atoms with Crippen molar-refractivity contribution in [1.82, 2.24) is 0 Å². The molecule has 0 radical (unpaired) electrons. The zero-order valence-electron chi connectivity index (χ0n) is 8.61. The molecule has 1 aromatic carbocycles. The first-order chi connectivity index (χ1) is 7.18. The summed E-state index contributed by atoms with van der Waals surface area (Å²) in [6.07, 6.45) is 1.98. The van der Waals surface area contributed by atoms with Crippen molar-refractivity contribution in [2.75, 3.05) is 6.61 Å². The minimum Gasteiger partial charge on any atom is -0.494 e. The number of ether oxygens (including phenoxy) is 1. The number of halogens is 1. The minimum atomic E-state index is -0.0879. The maximum Gasteiger partial charge on any atom is 0.188 e. The predicted octanol–water partition coefficient (Wildman–Crippen LogP) is 3.63. The van der Waals surface area contributed by atoms with Gasteiger partial charge in [-0.1, -0.05) is 0 Å². The van der Waals surface area contributed by atoms with Crippen molar-refractivity contribution in [2.24, 2.45) is 10.2 Å². The average molecular weight is 316 g/mol. The third kappa shape index (κ3) is 3.44. The van der Waals surface area contributed by atoms with E-state index in [1.165, 1.54) is 3.57 Å². The summed E-state index contributed by atoms with van der Waals surface area (Å²) >= 11 is 2.28. The highest BCUT2D eigenvalue weighted by Crippen LogP contribution is 2.31. The van der Waals surface area contributed by atoms with E-state index < -0.39 is 0 Å². The molecule has 0 aliphatic carbocycles. The van der Waals surface area contributed by atoms with Crippen LogP contribution in [0, 0.1) is 3.57 Å². The summed E-state index contributed by atoms with van der Waals surface area (Å²) in [4.78, 5) is 0. The lowest BCUT2D eigenvalue weighted by Crippen LogP contribution is -2.07. The molecule has 1 aromatic rings. The fraction of sp³-hybridized carbons (Fsp3) is 0.455. The van der Waals surface area contributed by atoms with Crippen LogP contribution < -0.4 is 4.74 Å². The van der Waals surface area contributed by atoms with E-state index in [1.54, 1.807) is 0 Å². The van der Waals surface area contributed by atoms with E-state index >= 15 is 0 Å². The molecule has 0 saturated heterocycles. The van der Waals surface area contributed by atoms with Crippen molar-refractivity contribution in [3.05, 3.63) is 27.8 Å². The Morgan fingerprint density at radius 1 is 1.27 bits per heavy atom. The highest BCUT2D eigenvalue weighted by molar-refractivity contribution is 14.1. The lowest BCUT2D eigenvalue weighted by molar-refractivity contribution is 0.299. The monoisotopic (exact) mass is 316 g/mol. The van der Waals surface area contributed by atoms with Crippen LogP contribution in [-0.4, -0.2) is 12.3 Å². The molecule has 15 heavy (non-hydrogen) atoms. The van der Waals surface area contributed by atoms with Gasteiger partial charge in [-0.25, -0.2) is 0 Å².